The van der Waals surface area contributed by atoms with Crippen LogP contribution in [0.2, 0.25) is 0 Å². The predicted octanol–water partition coefficient (Wildman–Crippen LogP) is 2.34. The van der Waals surface area contributed by atoms with Gasteiger partial charge in [-0.25, -0.2) is 0 Å². The van der Waals surface area contributed by atoms with Gasteiger partial charge in [0.1, 0.15) is 5.76 Å². The van der Waals surface area contributed by atoms with E-state index >= 15 is 0 Å². The number of aliphatic hydroxyl groups excluding tert-OH is 1. The smallest absolute Gasteiger partial charge is 0.210 e. The van der Waals surface area contributed by atoms with E-state index in [1.165, 1.54) is 0 Å². The van der Waals surface area contributed by atoms with Crippen molar-refractivity contribution in [2.24, 2.45) is 0 Å². The van der Waals surface area contributed by atoms with Crippen molar-refractivity contribution >= 4 is 22.9 Å². The molecule has 2 aromatic rings. The zero-order valence-corrected chi connectivity index (χ0v) is 23.1. The monoisotopic (exact) mass is 552 g/mol. The fraction of sp³-hybridized carbons (Fsp3) is 0.250. The minimum Gasteiger partial charge on any atom is -1.00 e. The van der Waals surface area contributed by atoms with Crippen molar-refractivity contribution in [3.63, 3.8) is 0 Å². The van der Waals surface area contributed by atoms with E-state index in [0.717, 1.165) is 33.9 Å². The van der Waals surface area contributed by atoms with Gasteiger partial charge in [0.15, 0.2) is 5.71 Å². The standard InChI is InChI=1S/C32H28N2O2.BrH/c1-7-17-33-25-15-11-9-13-23(25)31(3,4)27(33)19-21-29(35)22(30(21)36)20-28-32(5,6)24-14-10-12-16-26(24)34(28)18-8-2;/h1-2,9-16,19-20H,17-18H2,3-6H3;1H. The molecule has 5 rings (SSSR count). The van der Waals surface area contributed by atoms with E-state index in [-0.39, 0.29) is 39.4 Å². The first-order chi connectivity index (χ1) is 17.1. The van der Waals surface area contributed by atoms with Gasteiger partial charge < -0.3 is 27.0 Å². The third kappa shape index (κ3) is 3.78. The molecule has 0 aromatic heterocycles. The van der Waals surface area contributed by atoms with E-state index in [9.17, 15) is 9.90 Å². The molecule has 3 aliphatic rings. The van der Waals surface area contributed by atoms with Crippen LogP contribution in [-0.4, -0.2) is 34.3 Å². The number of anilines is 1. The second-order valence-electron chi connectivity index (χ2n) is 10.4. The van der Waals surface area contributed by atoms with E-state index in [0.29, 0.717) is 24.2 Å². The summed E-state index contributed by atoms with van der Waals surface area (Å²) in [5.74, 6) is 5.27. The molecule has 2 aromatic carbocycles. The van der Waals surface area contributed by atoms with Crippen LogP contribution >= 0.6 is 0 Å². The molecule has 1 aliphatic carbocycles. The molecule has 0 atom stereocenters. The maximum atomic E-state index is 13.4. The molecule has 0 saturated heterocycles. The van der Waals surface area contributed by atoms with Crippen LogP contribution < -0.4 is 21.9 Å². The molecule has 0 unspecified atom stereocenters. The molecule has 4 nitrogen and oxygen atoms in total. The lowest BCUT2D eigenvalue weighted by Crippen LogP contribution is -3.00. The molecule has 0 fully saturated rings. The fourth-order valence-corrected chi connectivity index (χ4v) is 5.71. The number of terminal acetylenes is 2. The summed E-state index contributed by atoms with van der Waals surface area (Å²) in [6.45, 7) is 9.19. The Morgan fingerprint density at radius 2 is 1.59 bits per heavy atom. The highest BCUT2D eigenvalue weighted by Gasteiger charge is 2.47. The van der Waals surface area contributed by atoms with Crippen molar-refractivity contribution in [2.45, 2.75) is 38.5 Å². The van der Waals surface area contributed by atoms with Gasteiger partial charge in [-0.05, 0) is 37.5 Å². The van der Waals surface area contributed by atoms with Crippen LogP contribution in [0.25, 0.3) is 0 Å². The van der Waals surface area contributed by atoms with Crippen LogP contribution in [-0.2, 0) is 15.6 Å². The number of carbonyl (C=O) groups is 1. The van der Waals surface area contributed by atoms with Gasteiger partial charge in [0.2, 0.25) is 18.0 Å². The highest BCUT2D eigenvalue weighted by Crippen LogP contribution is 2.49. The summed E-state index contributed by atoms with van der Waals surface area (Å²) < 4.78 is 2.05. The molecule has 2 heterocycles. The number of halogens is 1. The first-order valence-electron chi connectivity index (χ1n) is 12.0. The number of fused-ring (bicyclic) bond motifs is 2. The number of hydrogen-bond acceptors (Lipinski definition) is 3. The number of nitrogens with zero attached hydrogens (tertiary/aromatic N) is 2. The molecule has 5 heteroatoms. The third-order valence-electron chi connectivity index (χ3n) is 7.66. The van der Waals surface area contributed by atoms with Gasteiger partial charge in [-0.2, -0.15) is 4.58 Å². The van der Waals surface area contributed by atoms with Crippen molar-refractivity contribution in [3.05, 3.63) is 94.4 Å². The van der Waals surface area contributed by atoms with Crippen molar-refractivity contribution < 1.29 is 31.5 Å². The Morgan fingerprint density at radius 3 is 2.24 bits per heavy atom. The SMILES string of the molecule is C#CCN1/C(=C/C2=C(O)C(=C\C3=[N+](CC#C)c4ccccc4C3(C)C)/C2=O)C(C)(C)c2ccccc21.[Br-]. The van der Waals surface area contributed by atoms with E-state index < -0.39 is 0 Å². The van der Waals surface area contributed by atoms with Crippen LogP contribution in [0, 0.1) is 24.7 Å². The number of hydrogen-bond donors (Lipinski definition) is 1. The average molecular weight is 554 g/mol. The van der Waals surface area contributed by atoms with E-state index in [1.807, 2.05) is 45.9 Å². The Morgan fingerprint density at radius 1 is 0.946 bits per heavy atom. The first kappa shape index (κ1) is 26.3. The molecular formula is C32H29BrN2O2. The summed E-state index contributed by atoms with van der Waals surface area (Å²) in [6.07, 6.45) is 15.0. The van der Waals surface area contributed by atoms with Gasteiger partial charge in [0.25, 0.3) is 0 Å². The molecule has 0 saturated carbocycles. The Balaban J connectivity index is 0.00000320. The van der Waals surface area contributed by atoms with Crippen LogP contribution in [0.3, 0.4) is 0 Å². The van der Waals surface area contributed by atoms with Gasteiger partial charge in [-0.3, -0.25) is 4.79 Å². The van der Waals surface area contributed by atoms with Crippen molar-refractivity contribution in [2.75, 3.05) is 18.0 Å². The quantitative estimate of drug-likeness (QED) is 0.359. The van der Waals surface area contributed by atoms with Crippen LogP contribution in [0.5, 0.6) is 0 Å². The van der Waals surface area contributed by atoms with Crippen LogP contribution in [0.4, 0.5) is 11.4 Å². The number of carbonyl (C=O) groups excluding carboxylic acids is 1. The van der Waals surface area contributed by atoms with Gasteiger partial charge in [0.05, 0.1) is 23.1 Å². The van der Waals surface area contributed by atoms with Crippen molar-refractivity contribution in [1.29, 1.82) is 0 Å². The number of benzene rings is 2. The maximum absolute atomic E-state index is 13.4. The minimum atomic E-state index is -0.367. The maximum Gasteiger partial charge on any atom is 0.210 e. The van der Waals surface area contributed by atoms with Gasteiger partial charge in [0, 0.05) is 34.5 Å². The minimum absolute atomic E-state index is 0. The summed E-state index contributed by atoms with van der Waals surface area (Å²) in [7, 11) is 0. The molecule has 0 spiro atoms. The molecule has 0 amide bonds. The van der Waals surface area contributed by atoms with E-state index in [2.05, 4.69) is 51.7 Å². The lowest BCUT2D eigenvalue weighted by atomic mass is 9.77. The molecule has 0 bridgehead atoms. The van der Waals surface area contributed by atoms with Crippen LogP contribution in [0.15, 0.2) is 83.3 Å². The largest absolute Gasteiger partial charge is 1.00 e. The summed E-state index contributed by atoms with van der Waals surface area (Å²) in [5.41, 5.74) is 5.99. The first-order valence-corrected chi connectivity index (χ1v) is 12.0. The second kappa shape index (κ2) is 9.25. The van der Waals surface area contributed by atoms with Gasteiger partial charge in [-0.1, -0.05) is 56.2 Å². The summed E-state index contributed by atoms with van der Waals surface area (Å²) in [5, 5.41) is 11.1. The molecule has 0 radical (unpaired) electrons. The molecular weight excluding hydrogens is 524 g/mol. The number of Topliss-reactive ketones (excluding diaryl/α,β-unsaturated/α-hetero) is 1. The van der Waals surface area contributed by atoms with Crippen LogP contribution in [0.1, 0.15) is 38.8 Å². The highest BCUT2D eigenvalue weighted by atomic mass is 79.9. The van der Waals surface area contributed by atoms with E-state index in [4.69, 9.17) is 12.8 Å². The highest BCUT2D eigenvalue weighted by molar-refractivity contribution is 6.24. The Hall–Kier alpha value is -3.80. The predicted molar refractivity (Wildman–Crippen MR) is 145 cm³/mol. The molecule has 37 heavy (non-hydrogen) atoms. The number of ketones is 1. The lowest BCUT2D eigenvalue weighted by Gasteiger charge is -2.28. The molecule has 1 N–H and O–H groups in total. The Bertz CT molecular complexity index is 1540. The zero-order valence-electron chi connectivity index (χ0n) is 21.5. The molecule has 2 aliphatic heterocycles. The second-order valence-corrected chi connectivity index (χ2v) is 10.4. The Kier molecular flexibility index (Phi) is 6.57. The number of rotatable bonds is 4. The van der Waals surface area contributed by atoms with Crippen molar-refractivity contribution in [1.82, 2.24) is 0 Å². The molecule has 186 valence electrons. The topological polar surface area (TPSA) is 43.5 Å². The lowest BCUT2D eigenvalue weighted by molar-refractivity contribution is -0.422. The summed E-state index contributed by atoms with van der Waals surface area (Å²) in [4.78, 5) is 15.4. The third-order valence-corrected chi connectivity index (χ3v) is 7.66. The summed E-state index contributed by atoms with van der Waals surface area (Å²) in [6, 6.07) is 16.2. The van der Waals surface area contributed by atoms with Crippen molar-refractivity contribution in [3.8, 4) is 24.7 Å². The average Bonchev–Trinajstić information content (AvgIpc) is 3.20. The fourth-order valence-electron chi connectivity index (χ4n) is 5.71. The Labute approximate surface area is 229 Å². The number of para-hydroxylation sites is 2. The summed E-state index contributed by atoms with van der Waals surface area (Å²) >= 11 is 0. The van der Waals surface area contributed by atoms with E-state index in [1.54, 1.807) is 12.2 Å². The number of aliphatic hydroxyl groups is 1. The zero-order chi connectivity index (χ0) is 25.8. The normalized spacial score (nSPS) is 20.8. The van der Waals surface area contributed by atoms with Gasteiger partial charge >= 0.3 is 0 Å². The number of allylic oxidation sites excluding steroid dienone is 5. The van der Waals surface area contributed by atoms with Gasteiger partial charge in [-0.15, -0.1) is 12.8 Å².